The smallest absolute Gasteiger partial charge is 0.164 e. The minimum Gasteiger partial charge on any atom is -0.208 e. The average molecular weight is 559 g/mol. The molecule has 0 spiro atoms. The van der Waals surface area contributed by atoms with Crippen LogP contribution in [0.2, 0.25) is 0 Å². The van der Waals surface area contributed by atoms with Crippen LogP contribution < -0.4 is 0 Å². The molecule has 2 heterocycles. The number of nitrogens with zero attached hydrogens (tertiary/aromatic N) is 4. The van der Waals surface area contributed by atoms with E-state index in [0.717, 1.165) is 38.3 Å². The molecule has 7 rings (SSSR count). The normalized spacial score (nSPS) is 13.1. The third kappa shape index (κ3) is 4.56. The van der Waals surface area contributed by atoms with Crippen molar-refractivity contribution in [1.29, 1.82) is 5.26 Å². The summed E-state index contributed by atoms with van der Waals surface area (Å²) in [6.07, 6.45) is 0. The minimum absolute atomic E-state index is 0.199. The van der Waals surface area contributed by atoms with Gasteiger partial charge in [-0.2, -0.15) is 5.26 Å². The van der Waals surface area contributed by atoms with E-state index in [-0.39, 0.29) is 5.41 Å². The van der Waals surface area contributed by atoms with Gasteiger partial charge < -0.3 is 0 Å². The van der Waals surface area contributed by atoms with Gasteiger partial charge in [0.15, 0.2) is 17.5 Å². The lowest BCUT2D eigenvalue weighted by molar-refractivity contribution is 0.607. The van der Waals surface area contributed by atoms with E-state index >= 15 is 0 Å². The van der Waals surface area contributed by atoms with Gasteiger partial charge in [-0.15, -0.1) is 0 Å². The highest BCUT2D eigenvalue weighted by Crippen LogP contribution is 2.51. The van der Waals surface area contributed by atoms with Crippen LogP contribution in [0.1, 0.15) is 30.5 Å². The molecule has 5 heteroatoms. The van der Waals surface area contributed by atoms with Crippen molar-refractivity contribution in [1.82, 2.24) is 15.0 Å². The molecule has 0 fully saturated rings. The molecule has 42 heavy (non-hydrogen) atoms. The predicted octanol–water partition coefficient (Wildman–Crippen LogP) is 9.20. The molecule has 1 aromatic heterocycles. The number of hydrogen-bond donors (Lipinski definition) is 0. The highest BCUT2D eigenvalue weighted by molar-refractivity contribution is 7.99. The molecule has 5 aromatic carbocycles. The van der Waals surface area contributed by atoms with Gasteiger partial charge in [-0.25, -0.2) is 15.0 Å². The highest BCUT2D eigenvalue weighted by Gasteiger charge is 2.34. The van der Waals surface area contributed by atoms with Crippen LogP contribution in [0.5, 0.6) is 0 Å². The van der Waals surface area contributed by atoms with Gasteiger partial charge in [0, 0.05) is 31.9 Å². The van der Waals surface area contributed by atoms with Crippen LogP contribution in [0.3, 0.4) is 0 Å². The van der Waals surface area contributed by atoms with Crippen molar-refractivity contribution in [2.75, 3.05) is 0 Å². The summed E-state index contributed by atoms with van der Waals surface area (Å²) in [4.78, 5) is 16.9. The molecule has 4 nitrogen and oxygen atoms in total. The van der Waals surface area contributed by atoms with Gasteiger partial charge in [0.05, 0.1) is 5.56 Å². The second-order valence-corrected chi connectivity index (χ2v) is 11.9. The van der Waals surface area contributed by atoms with Crippen molar-refractivity contribution < 1.29 is 0 Å². The molecule has 0 saturated carbocycles. The van der Waals surface area contributed by atoms with Crippen LogP contribution in [0.25, 0.3) is 45.3 Å². The van der Waals surface area contributed by atoms with Crippen molar-refractivity contribution in [2.45, 2.75) is 29.1 Å². The number of rotatable bonds is 4. The molecule has 0 amide bonds. The zero-order valence-electron chi connectivity index (χ0n) is 23.2. The SMILES string of the molecule is CC1(C)c2ccc(-c3cccc(-c4nc(-c5ccccc5)nc(-c5ccccc5)n4)c3)cc2Sc2c(C#N)cccc21. The minimum atomic E-state index is -0.199. The molecule has 1 aliphatic rings. The second kappa shape index (κ2) is 10.4. The molecule has 0 bridgehead atoms. The maximum atomic E-state index is 9.79. The van der Waals surface area contributed by atoms with E-state index in [0.29, 0.717) is 17.5 Å². The van der Waals surface area contributed by atoms with Gasteiger partial charge >= 0.3 is 0 Å². The monoisotopic (exact) mass is 558 g/mol. The Morgan fingerprint density at radius 3 is 1.74 bits per heavy atom. The summed E-state index contributed by atoms with van der Waals surface area (Å²) in [5.74, 6) is 1.92. The van der Waals surface area contributed by atoms with Gasteiger partial charge in [0.1, 0.15) is 6.07 Å². The summed E-state index contributed by atoms with van der Waals surface area (Å²) in [6, 6.07) is 43.5. The van der Waals surface area contributed by atoms with Crippen molar-refractivity contribution in [2.24, 2.45) is 0 Å². The first-order valence-corrected chi connectivity index (χ1v) is 14.7. The van der Waals surface area contributed by atoms with E-state index in [1.165, 1.54) is 16.0 Å². The summed E-state index contributed by atoms with van der Waals surface area (Å²) < 4.78 is 0. The van der Waals surface area contributed by atoms with E-state index in [4.69, 9.17) is 15.0 Å². The summed E-state index contributed by atoms with van der Waals surface area (Å²) in [5, 5.41) is 9.79. The van der Waals surface area contributed by atoms with Crippen LogP contribution in [-0.4, -0.2) is 15.0 Å². The Balaban J connectivity index is 1.32. The molecule has 0 N–H and O–H groups in total. The fourth-order valence-electron chi connectivity index (χ4n) is 5.56. The fraction of sp³-hybridized carbons (Fsp3) is 0.0811. The zero-order chi connectivity index (χ0) is 28.7. The van der Waals surface area contributed by atoms with E-state index in [2.05, 4.69) is 62.4 Å². The maximum Gasteiger partial charge on any atom is 0.164 e. The molecule has 1 aliphatic heterocycles. The Hall–Kier alpha value is -5.05. The van der Waals surface area contributed by atoms with E-state index in [9.17, 15) is 5.26 Å². The van der Waals surface area contributed by atoms with Crippen LogP contribution in [0.4, 0.5) is 0 Å². The van der Waals surface area contributed by atoms with Crippen molar-refractivity contribution >= 4 is 11.8 Å². The summed E-state index contributed by atoms with van der Waals surface area (Å²) in [7, 11) is 0. The van der Waals surface area contributed by atoms with Crippen LogP contribution in [0, 0.1) is 11.3 Å². The van der Waals surface area contributed by atoms with Crippen molar-refractivity contribution in [3.63, 3.8) is 0 Å². The number of fused-ring (bicyclic) bond motifs is 2. The van der Waals surface area contributed by atoms with Gasteiger partial charge in [0.25, 0.3) is 0 Å². The second-order valence-electron chi connectivity index (χ2n) is 10.9. The molecule has 6 aromatic rings. The Kier molecular flexibility index (Phi) is 6.42. The molecular formula is C37H26N4S. The van der Waals surface area contributed by atoms with Crippen molar-refractivity contribution in [3.05, 3.63) is 138 Å². The van der Waals surface area contributed by atoms with Gasteiger partial charge in [-0.1, -0.05) is 129 Å². The standard InChI is InChI=1S/C37H26N4S/c1-37(2)30-20-19-27(22-32(30)42-33-29(23-38)17-10-18-31(33)37)26-15-9-16-28(21-26)36-40-34(24-11-5-3-6-12-24)39-35(41-36)25-13-7-4-8-14-25/h3-22H,1-2H3. The number of hydrogen-bond acceptors (Lipinski definition) is 5. The van der Waals surface area contributed by atoms with E-state index < -0.39 is 0 Å². The first kappa shape index (κ1) is 25.9. The topological polar surface area (TPSA) is 62.5 Å². The average Bonchev–Trinajstić information content (AvgIpc) is 3.05. The molecule has 0 aliphatic carbocycles. The van der Waals surface area contributed by atoms with E-state index in [1.54, 1.807) is 11.8 Å². The number of benzene rings is 5. The van der Waals surface area contributed by atoms with Crippen LogP contribution in [0.15, 0.2) is 131 Å². The molecule has 200 valence electrons. The van der Waals surface area contributed by atoms with Gasteiger partial charge in [0.2, 0.25) is 0 Å². The Bertz CT molecular complexity index is 1940. The summed E-state index contributed by atoms with van der Waals surface area (Å²) >= 11 is 1.69. The fourth-order valence-corrected chi connectivity index (χ4v) is 7.06. The first-order valence-electron chi connectivity index (χ1n) is 13.8. The summed E-state index contributed by atoms with van der Waals surface area (Å²) in [6.45, 7) is 4.47. The lowest BCUT2D eigenvalue weighted by Crippen LogP contribution is -2.24. The quantitative estimate of drug-likeness (QED) is 0.216. The van der Waals surface area contributed by atoms with E-state index in [1.807, 2.05) is 78.9 Å². The molecular weight excluding hydrogens is 533 g/mol. The largest absolute Gasteiger partial charge is 0.208 e. The first-order chi connectivity index (χ1) is 20.5. The zero-order valence-corrected chi connectivity index (χ0v) is 24.1. The molecule has 0 unspecified atom stereocenters. The van der Waals surface area contributed by atoms with Crippen LogP contribution in [-0.2, 0) is 5.41 Å². The Morgan fingerprint density at radius 2 is 1.10 bits per heavy atom. The van der Waals surface area contributed by atoms with Crippen LogP contribution >= 0.6 is 11.8 Å². The number of nitriles is 1. The molecule has 0 atom stereocenters. The van der Waals surface area contributed by atoms with Gasteiger partial charge in [-0.3, -0.25) is 0 Å². The van der Waals surface area contributed by atoms with Crippen molar-refractivity contribution in [3.8, 4) is 51.4 Å². The summed E-state index contributed by atoms with van der Waals surface area (Å²) in [5.41, 5.74) is 8.00. The number of aromatic nitrogens is 3. The molecule has 0 saturated heterocycles. The third-order valence-electron chi connectivity index (χ3n) is 7.83. The highest BCUT2D eigenvalue weighted by atomic mass is 32.2. The predicted molar refractivity (Wildman–Crippen MR) is 169 cm³/mol. The Morgan fingerprint density at radius 1 is 0.548 bits per heavy atom. The third-order valence-corrected chi connectivity index (χ3v) is 9.03. The lowest BCUT2D eigenvalue weighted by Gasteiger charge is -2.35. The maximum absolute atomic E-state index is 9.79. The van der Waals surface area contributed by atoms with Gasteiger partial charge in [-0.05, 0) is 40.5 Å². The molecule has 0 radical (unpaired) electrons. The Labute approximate surface area is 249 Å². The lowest BCUT2D eigenvalue weighted by atomic mass is 9.77.